The first-order valence-electron chi connectivity index (χ1n) is 13.6. The van der Waals surface area contributed by atoms with Crippen LogP contribution >= 0.6 is 0 Å². The minimum absolute atomic E-state index is 0.291. The van der Waals surface area contributed by atoms with Crippen molar-refractivity contribution >= 4 is 11.1 Å². The van der Waals surface area contributed by atoms with E-state index in [1.54, 1.807) is 14.2 Å². The first-order chi connectivity index (χ1) is 18.7. The van der Waals surface area contributed by atoms with Gasteiger partial charge in [-0.05, 0) is 73.5 Å². The molecule has 6 heteroatoms. The van der Waals surface area contributed by atoms with Gasteiger partial charge in [-0.2, -0.15) is 0 Å². The molecule has 3 aliphatic rings. The van der Waals surface area contributed by atoms with Gasteiger partial charge in [0.15, 0.2) is 0 Å². The van der Waals surface area contributed by atoms with E-state index in [9.17, 15) is 0 Å². The predicted molar refractivity (Wildman–Crippen MR) is 149 cm³/mol. The predicted octanol–water partition coefficient (Wildman–Crippen LogP) is 6.40. The van der Waals surface area contributed by atoms with Gasteiger partial charge in [0, 0.05) is 41.8 Å². The molecule has 0 radical (unpaired) electrons. The Kier molecular flexibility index (Phi) is 7.14. The summed E-state index contributed by atoms with van der Waals surface area (Å²) in [4.78, 5) is 2.49. The van der Waals surface area contributed by atoms with Crippen molar-refractivity contribution in [3.63, 3.8) is 0 Å². The van der Waals surface area contributed by atoms with Gasteiger partial charge in [0.1, 0.15) is 41.5 Å². The van der Waals surface area contributed by atoms with Crippen LogP contribution in [0.2, 0.25) is 0 Å². The highest BCUT2D eigenvalue weighted by atomic mass is 16.5. The molecule has 1 saturated heterocycles. The topological polar surface area (TPSA) is 49.4 Å². The number of hydrogen-bond acceptors (Lipinski definition) is 6. The van der Waals surface area contributed by atoms with E-state index in [0.717, 1.165) is 64.0 Å². The van der Waals surface area contributed by atoms with Crippen LogP contribution in [0, 0.1) is 0 Å². The number of fused-ring (bicyclic) bond motifs is 4. The number of methoxy groups -OCH3 is 2. The van der Waals surface area contributed by atoms with Crippen LogP contribution in [-0.2, 0) is 0 Å². The second-order valence-electron chi connectivity index (χ2n) is 10.0. The lowest BCUT2D eigenvalue weighted by molar-refractivity contribution is 0.183. The average molecular weight is 514 g/mol. The fraction of sp³-hybridized carbons (Fsp3) is 0.375. The summed E-state index contributed by atoms with van der Waals surface area (Å²) in [7, 11) is 3.36. The summed E-state index contributed by atoms with van der Waals surface area (Å²) in [6.07, 6.45) is 4.43. The third kappa shape index (κ3) is 4.93. The highest BCUT2D eigenvalue weighted by molar-refractivity contribution is 5.98. The van der Waals surface area contributed by atoms with Crippen molar-refractivity contribution in [2.24, 2.45) is 0 Å². The molecule has 3 aliphatic heterocycles. The number of benzene rings is 3. The van der Waals surface area contributed by atoms with Crippen molar-refractivity contribution in [2.75, 3.05) is 47.1 Å². The van der Waals surface area contributed by atoms with E-state index in [0.29, 0.717) is 13.2 Å². The largest absolute Gasteiger partial charge is 0.497 e. The minimum atomic E-state index is -0.291. The molecule has 0 unspecified atom stereocenters. The van der Waals surface area contributed by atoms with E-state index in [1.165, 1.54) is 37.9 Å². The molecule has 0 amide bonds. The van der Waals surface area contributed by atoms with Gasteiger partial charge in [0.25, 0.3) is 0 Å². The van der Waals surface area contributed by atoms with Crippen molar-refractivity contribution < 1.29 is 23.7 Å². The zero-order valence-corrected chi connectivity index (χ0v) is 22.2. The lowest BCUT2D eigenvalue weighted by Crippen LogP contribution is -2.33. The van der Waals surface area contributed by atoms with Crippen molar-refractivity contribution in [1.82, 2.24) is 4.90 Å². The Bertz CT molecular complexity index is 1310. The summed E-state index contributed by atoms with van der Waals surface area (Å²) in [5.41, 5.74) is 5.56. The van der Waals surface area contributed by atoms with E-state index in [4.69, 9.17) is 23.7 Å². The molecule has 0 bridgehead atoms. The first kappa shape index (κ1) is 24.7. The van der Waals surface area contributed by atoms with Gasteiger partial charge in [-0.25, -0.2) is 0 Å². The van der Waals surface area contributed by atoms with Gasteiger partial charge in [0.05, 0.1) is 20.8 Å². The molecule has 0 spiro atoms. The Hall–Kier alpha value is -3.64. The molecule has 0 saturated carbocycles. The molecular formula is C32H35NO5. The summed E-state index contributed by atoms with van der Waals surface area (Å²) in [5.74, 6) is 4.08. The second-order valence-corrected chi connectivity index (χ2v) is 10.0. The summed E-state index contributed by atoms with van der Waals surface area (Å²) in [6, 6.07) is 20.4. The van der Waals surface area contributed by atoms with E-state index >= 15 is 0 Å². The van der Waals surface area contributed by atoms with Crippen LogP contribution in [0.1, 0.15) is 48.5 Å². The third-order valence-electron chi connectivity index (χ3n) is 7.74. The van der Waals surface area contributed by atoms with Crippen LogP contribution in [0.15, 0.2) is 60.7 Å². The molecule has 0 N–H and O–H groups in total. The molecule has 3 heterocycles. The van der Waals surface area contributed by atoms with Gasteiger partial charge in [0.2, 0.25) is 0 Å². The Morgan fingerprint density at radius 1 is 0.789 bits per heavy atom. The van der Waals surface area contributed by atoms with Crippen molar-refractivity contribution in [2.45, 2.75) is 31.8 Å². The average Bonchev–Trinajstić information content (AvgIpc) is 3.17. The maximum Gasteiger partial charge on any atom is 0.150 e. The molecule has 0 aliphatic carbocycles. The lowest BCUT2D eigenvalue weighted by atomic mass is 9.84. The summed E-state index contributed by atoms with van der Waals surface area (Å²) < 4.78 is 30.0. The number of likely N-dealkylation sites (tertiary alicyclic amines) is 1. The van der Waals surface area contributed by atoms with E-state index in [2.05, 4.69) is 41.3 Å². The van der Waals surface area contributed by atoms with Crippen LogP contribution in [0.3, 0.4) is 0 Å². The zero-order valence-electron chi connectivity index (χ0n) is 22.2. The van der Waals surface area contributed by atoms with Gasteiger partial charge in [-0.15, -0.1) is 0 Å². The molecule has 6 nitrogen and oxygen atoms in total. The van der Waals surface area contributed by atoms with Crippen LogP contribution in [0.5, 0.6) is 28.7 Å². The standard InChI is InChI=1S/C32H35NO5/c1-34-24-11-13-28-29(20-24)37-18-14-27-26-12-10-25(35-2)21-30(26)38-32(31(27)28)22-6-8-23(9-7-22)36-19-17-33-15-4-3-5-16-33/h6-13,20-21,32H,3-5,14-19H2,1-2H3/t32-/m0/s1. The normalized spacial score (nSPS) is 18.7. The van der Waals surface area contributed by atoms with Crippen molar-refractivity contribution in [3.05, 3.63) is 77.4 Å². The summed E-state index contributed by atoms with van der Waals surface area (Å²) in [5, 5.41) is 0. The number of hydrogen-bond donors (Lipinski definition) is 0. The minimum Gasteiger partial charge on any atom is -0.497 e. The monoisotopic (exact) mass is 513 g/mol. The van der Waals surface area contributed by atoms with Crippen LogP contribution in [0.4, 0.5) is 0 Å². The van der Waals surface area contributed by atoms with E-state index < -0.39 is 0 Å². The number of nitrogens with zero attached hydrogens (tertiary/aromatic N) is 1. The quantitative estimate of drug-likeness (QED) is 0.365. The Morgan fingerprint density at radius 3 is 2.21 bits per heavy atom. The second kappa shape index (κ2) is 11.0. The van der Waals surface area contributed by atoms with E-state index in [-0.39, 0.29) is 6.10 Å². The lowest BCUT2D eigenvalue weighted by Gasteiger charge is -2.31. The van der Waals surface area contributed by atoms with Gasteiger partial charge < -0.3 is 23.7 Å². The van der Waals surface area contributed by atoms with Gasteiger partial charge in [-0.1, -0.05) is 18.6 Å². The first-order valence-corrected chi connectivity index (χ1v) is 13.6. The van der Waals surface area contributed by atoms with Gasteiger partial charge in [-0.3, -0.25) is 4.90 Å². The number of piperidine rings is 1. The molecule has 1 fully saturated rings. The number of rotatable bonds is 7. The Labute approximate surface area is 224 Å². The molecule has 38 heavy (non-hydrogen) atoms. The third-order valence-corrected chi connectivity index (χ3v) is 7.74. The fourth-order valence-electron chi connectivity index (χ4n) is 5.72. The highest BCUT2D eigenvalue weighted by Crippen LogP contribution is 2.52. The summed E-state index contributed by atoms with van der Waals surface area (Å²) >= 11 is 0. The van der Waals surface area contributed by atoms with E-state index in [1.807, 2.05) is 24.3 Å². The van der Waals surface area contributed by atoms with Crippen LogP contribution < -0.4 is 23.7 Å². The molecule has 3 aromatic carbocycles. The number of ether oxygens (including phenoxy) is 5. The summed E-state index contributed by atoms with van der Waals surface area (Å²) in [6.45, 7) is 4.63. The van der Waals surface area contributed by atoms with Crippen LogP contribution in [0.25, 0.3) is 11.1 Å². The zero-order chi connectivity index (χ0) is 25.9. The molecule has 1 atom stereocenters. The Morgan fingerprint density at radius 2 is 1.47 bits per heavy atom. The van der Waals surface area contributed by atoms with Crippen molar-refractivity contribution in [1.29, 1.82) is 0 Å². The molecule has 198 valence electrons. The fourth-order valence-corrected chi connectivity index (χ4v) is 5.72. The van der Waals surface area contributed by atoms with Crippen molar-refractivity contribution in [3.8, 4) is 28.7 Å². The molecule has 3 aromatic rings. The smallest absolute Gasteiger partial charge is 0.150 e. The molecule has 6 rings (SSSR count). The molecule has 0 aromatic heterocycles. The molecular weight excluding hydrogens is 478 g/mol. The Balaban J connectivity index is 1.32. The van der Waals surface area contributed by atoms with Crippen LogP contribution in [-0.4, -0.2) is 52.0 Å². The van der Waals surface area contributed by atoms with Gasteiger partial charge >= 0.3 is 0 Å². The SMILES string of the molecule is COc1ccc2c(c1)O[C@@H](c1ccc(OCCN3CCCCC3)cc1)C1=C2CCOc2cc(OC)ccc21. The maximum atomic E-state index is 6.73. The highest BCUT2D eigenvalue weighted by Gasteiger charge is 2.34. The maximum absolute atomic E-state index is 6.73.